The van der Waals surface area contributed by atoms with Crippen LogP contribution in [-0.2, 0) is 11.2 Å². The molecule has 0 unspecified atom stereocenters. The lowest BCUT2D eigenvalue weighted by atomic mass is 10.0. The fourth-order valence-electron chi connectivity index (χ4n) is 1.58. The molecule has 0 aromatic heterocycles. The summed E-state index contributed by atoms with van der Waals surface area (Å²) < 4.78 is 5.05. The van der Waals surface area contributed by atoms with E-state index in [4.69, 9.17) is 14.9 Å². The highest BCUT2D eigenvalue weighted by atomic mass is 16.5. The normalized spacial score (nSPS) is 11.2. The summed E-state index contributed by atoms with van der Waals surface area (Å²) in [4.78, 5) is 11.7. The molecule has 0 saturated heterocycles. The molecule has 0 bridgehead atoms. The fraction of sp³-hybridized carbons (Fsp3) is 0.500. The Bertz CT molecular complexity index is 398. The summed E-state index contributed by atoms with van der Waals surface area (Å²) in [5.41, 5.74) is 0.0717. The van der Waals surface area contributed by atoms with Crippen LogP contribution in [0, 0.1) is 0 Å². The minimum absolute atomic E-state index is 0.193. The molecule has 1 aromatic rings. The summed E-state index contributed by atoms with van der Waals surface area (Å²) in [6.07, 6.45) is 0.907. The number of methoxy groups -OCH3 is 1. The molecule has 0 atom stereocenters. The first-order valence-corrected chi connectivity index (χ1v) is 6.18. The van der Waals surface area contributed by atoms with Gasteiger partial charge in [0.2, 0.25) is 5.91 Å². The van der Waals surface area contributed by atoms with Crippen molar-refractivity contribution >= 4 is 5.91 Å². The molecule has 0 aliphatic heterocycles. The van der Waals surface area contributed by atoms with Gasteiger partial charge in [-0.1, -0.05) is 12.1 Å². The zero-order chi connectivity index (χ0) is 14.3. The molecule has 0 radical (unpaired) electrons. The maximum absolute atomic E-state index is 11.7. The number of carbonyl (C=O) groups excluding carboxylic acids is 1. The molecule has 0 saturated carbocycles. The Morgan fingerprint density at radius 2 is 1.84 bits per heavy atom. The Balaban J connectivity index is 2.45. The summed E-state index contributed by atoms with van der Waals surface area (Å²) in [6.45, 7) is 1.01. The van der Waals surface area contributed by atoms with Gasteiger partial charge in [0, 0.05) is 6.42 Å². The SMILES string of the molecule is COc1ccc(CCC(=O)NC(C)(CO)CO)cc1. The van der Waals surface area contributed by atoms with Gasteiger partial charge in [-0.15, -0.1) is 0 Å². The lowest BCUT2D eigenvalue weighted by Gasteiger charge is -2.26. The number of hydrogen-bond acceptors (Lipinski definition) is 4. The molecule has 1 aromatic carbocycles. The van der Waals surface area contributed by atoms with Crippen molar-refractivity contribution in [1.29, 1.82) is 0 Å². The van der Waals surface area contributed by atoms with Crippen LogP contribution in [0.3, 0.4) is 0 Å². The molecule has 0 fully saturated rings. The van der Waals surface area contributed by atoms with Crippen molar-refractivity contribution < 1.29 is 19.7 Å². The number of aliphatic hydroxyl groups excluding tert-OH is 2. The van der Waals surface area contributed by atoms with Crippen molar-refractivity contribution in [2.75, 3.05) is 20.3 Å². The molecule has 1 rings (SSSR count). The molecule has 5 heteroatoms. The third kappa shape index (κ3) is 4.89. The van der Waals surface area contributed by atoms with Gasteiger partial charge in [-0.2, -0.15) is 0 Å². The van der Waals surface area contributed by atoms with E-state index < -0.39 is 5.54 Å². The Morgan fingerprint density at radius 3 is 2.32 bits per heavy atom. The molecule has 19 heavy (non-hydrogen) atoms. The smallest absolute Gasteiger partial charge is 0.220 e. The van der Waals surface area contributed by atoms with Crippen molar-refractivity contribution in [1.82, 2.24) is 5.32 Å². The first-order chi connectivity index (χ1) is 9.03. The van der Waals surface area contributed by atoms with Crippen molar-refractivity contribution in [3.8, 4) is 5.75 Å². The van der Waals surface area contributed by atoms with Gasteiger partial charge in [0.25, 0.3) is 0 Å². The van der Waals surface area contributed by atoms with E-state index in [1.807, 2.05) is 24.3 Å². The summed E-state index contributed by atoms with van der Waals surface area (Å²) in [5.74, 6) is 0.586. The second-order valence-electron chi connectivity index (χ2n) is 4.77. The predicted molar refractivity (Wildman–Crippen MR) is 72.0 cm³/mol. The van der Waals surface area contributed by atoms with Gasteiger partial charge in [0.05, 0.1) is 25.9 Å². The maximum Gasteiger partial charge on any atom is 0.220 e. The lowest BCUT2D eigenvalue weighted by Crippen LogP contribution is -2.51. The van der Waals surface area contributed by atoms with Crippen molar-refractivity contribution in [2.24, 2.45) is 0 Å². The van der Waals surface area contributed by atoms with E-state index in [9.17, 15) is 4.79 Å². The number of rotatable bonds is 7. The highest BCUT2D eigenvalue weighted by molar-refractivity contribution is 5.77. The largest absolute Gasteiger partial charge is 0.497 e. The van der Waals surface area contributed by atoms with E-state index in [1.165, 1.54) is 0 Å². The van der Waals surface area contributed by atoms with E-state index in [2.05, 4.69) is 5.32 Å². The topological polar surface area (TPSA) is 78.8 Å². The van der Waals surface area contributed by atoms with Crippen LogP contribution in [0.4, 0.5) is 0 Å². The van der Waals surface area contributed by atoms with Gasteiger partial charge in [-0.05, 0) is 31.0 Å². The molecular formula is C14H21NO4. The molecule has 106 valence electrons. The number of nitrogens with one attached hydrogen (secondary N) is 1. The van der Waals surface area contributed by atoms with Crippen LogP contribution < -0.4 is 10.1 Å². The van der Waals surface area contributed by atoms with E-state index >= 15 is 0 Å². The Hall–Kier alpha value is -1.59. The third-order valence-electron chi connectivity index (χ3n) is 2.94. The first-order valence-electron chi connectivity index (χ1n) is 6.18. The third-order valence-corrected chi connectivity index (χ3v) is 2.94. The number of aliphatic hydroxyl groups is 2. The van der Waals surface area contributed by atoms with Crippen molar-refractivity contribution in [3.63, 3.8) is 0 Å². The van der Waals surface area contributed by atoms with Gasteiger partial charge in [-0.25, -0.2) is 0 Å². The summed E-state index contributed by atoms with van der Waals surface area (Å²) in [7, 11) is 1.60. The second kappa shape index (κ2) is 7.11. The average molecular weight is 267 g/mol. The van der Waals surface area contributed by atoms with E-state index in [0.717, 1.165) is 11.3 Å². The molecule has 0 aliphatic rings. The molecular weight excluding hydrogens is 246 g/mol. The lowest BCUT2D eigenvalue weighted by molar-refractivity contribution is -0.124. The number of aryl methyl sites for hydroxylation is 1. The molecule has 5 nitrogen and oxygen atoms in total. The number of hydrogen-bond donors (Lipinski definition) is 3. The number of benzene rings is 1. The monoisotopic (exact) mass is 267 g/mol. The van der Waals surface area contributed by atoms with Crippen LogP contribution >= 0.6 is 0 Å². The highest BCUT2D eigenvalue weighted by Gasteiger charge is 2.24. The Kier molecular flexibility index (Phi) is 5.79. The number of ether oxygens (including phenoxy) is 1. The molecule has 1 amide bonds. The van der Waals surface area contributed by atoms with Gasteiger partial charge in [0.15, 0.2) is 0 Å². The molecule has 0 heterocycles. The minimum Gasteiger partial charge on any atom is -0.497 e. The average Bonchev–Trinajstić information content (AvgIpc) is 2.45. The van der Waals surface area contributed by atoms with Crippen molar-refractivity contribution in [3.05, 3.63) is 29.8 Å². The van der Waals surface area contributed by atoms with E-state index in [1.54, 1.807) is 14.0 Å². The molecule has 3 N–H and O–H groups in total. The van der Waals surface area contributed by atoms with Gasteiger partial charge < -0.3 is 20.3 Å². The summed E-state index contributed by atoms with van der Waals surface area (Å²) >= 11 is 0. The van der Waals surface area contributed by atoms with Crippen LogP contribution in [0.5, 0.6) is 5.75 Å². The fourth-order valence-corrected chi connectivity index (χ4v) is 1.58. The van der Waals surface area contributed by atoms with Gasteiger partial charge >= 0.3 is 0 Å². The van der Waals surface area contributed by atoms with Crippen LogP contribution in [-0.4, -0.2) is 42.0 Å². The van der Waals surface area contributed by atoms with E-state index in [-0.39, 0.29) is 19.1 Å². The van der Waals surface area contributed by atoms with Crippen LogP contribution in [0.25, 0.3) is 0 Å². The predicted octanol–water partition coefficient (Wildman–Crippen LogP) is 0.487. The molecule has 0 aliphatic carbocycles. The van der Waals surface area contributed by atoms with Crippen LogP contribution in [0.1, 0.15) is 18.9 Å². The Morgan fingerprint density at radius 1 is 1.26 bits per heavy atom. The molecule has 0 spiro atoms. The Labute approximate surface area is 113 Å². The van der Waals surface area contributed by atoms with Crippen molar-refractivity contribution in [2.45, 2.75) is 25.3 Å². The zero-order valence-corrected chi connectivity index (χ0v) is 11.3. The summed E-state index contributed by atoms with van der Waals surface area (Å²) in [5, 5.41) is 20.8. The summed E-state index contributed by atoms with van der Waals surface area (Å²) in [6, 6.07) is 7.50. The maximum atomic E-state index is 11.7. The first kappa shape index (κ1) is 15.5. The standard InChI is InChI=1S/C14H21NO4/c1-14(9-16,10-17)15-13(18)8-5-11-3-6-12(19-2)7-4-11/h3-4,6-7,16-17H,5,8-10H2,1-2H3,(H,15,18). The number of carbonyl (C=O) groups is 1. The number of amides is 1. The second-order valence-corrected chi connectivity index (χ2v) is 4.77. The van der Waals surface area contributed by atoms with Crippen LogP contribution in [0.15, 0.2) is 24.3 Å². The van der Waals surface area contributed by atoms with Gasteiger partial charge in [-0.3, -0.25) is 4.79 Å². The van der Waals surface area contributed by atoms with Gasteiger partial charge in [0.1, 0.15) is 5.75 Å². The highest BCUT2D eigenvalue weighted by Crippen LogP contribution is 2.12. The van der Waals surface area contributed by atoms with E-state index in [0.29, 0.717) is 12.8 Å². The minimum atomic E-state index is -0.961. The zero-order valence-electron chi connectivity index (χ0n) is 11.3. The van der Waals surface area contributed by atoms with Crippen LogP contribution in [0.2, 0.25) is 0 Å². The quantitative estimate of drug-likeness (QED) is 0.671.